The summed E-state index contributed by atoms with van der Waals surface area (Å²) in [6.07, 6.45) is 0.738. The van der Waals surface area contributed by atoms with Gasteiger partial charge in [-0.05, 0) is 51.8 Å². The average molecular weight is 304 g/mol. The predicted octanol–water partition coefficient (Wildman–Crippen LogP) is 3.33. The molecule has 0 aliphatic carbocycles. The molecule has 1 unspecified atom stereocenters. The van der Waals surface area contributed by atoms with Crippen molar-refractivity contribution in [3.8, 4) is 5.75 Å². The van der Waals surface area contributed by atoms with Gasteiger partial charge in [-0.1, -0.05) is 17.7 Å². The molecule has 2 atom stereocenters. The van der Waals surface area contributed by atoms with E-state index in [1.54, 1.807) is 13.2 Å². The van der Waals surface area contributed by atoms with Crippen LogP contribution in [0.4, 0.5) is 0 Å². The molecule has 1 rings (SSSR count). The van der Waals surface area contributed by atoms with Crippen molar-refractivity contribution in [2.45, 2.75) is 44.9 Å². The van der Waals surface area contributed by atoms with E-state index in [2.05, 4.69) is 4.72 Å². The Morgan fingerprint density at radius 1 is 1.42 bits per heavy atom. The van der Waals surface area contributed by atoms with E-state index in [1.165, 1.54) is 0 Å². The van der Waals surface area contributed by atoms with Crippen LogP contribution in [0, 0.1) is 0 Å². The minimum Gasteiger partial charge on any atom is -0.598 e. The van der Waals surface area contributed by atoms with Crippen molar-refractivity contribution in [3.63, 3.8) is 0 Å². The summed E-state index contributed by atoms with van der Waals surface area (Å²) in [5.41, 5.74) is 1.05. The zero-order chi connectivity index (χ0) is 14.6. The number of hydrogen-bond donors (Lipinski definition) is 1. The Morgan fingerprint density at radius 3 is 2.58 bits per heavy atom. The highest BCUT2D eigenvalue weighted by atomic mass is 35.5. The van der Waals surface area contributed by atoms with Gasteiger partial charge in [-0.3, -0.25) is 0 Å². The van der Waals surface area contributed by atoms with Crippen molar-refractivity contribution >= 4 is 23.0 Å². The van der Waals surface area contributed by atoms with Gasteiger partial charge < -0.3 is 9.29 Å². The van der Waals surface area contributed by atoms with Crippen molar-refractivity contribution in [2.24, 2.45) is 0 Å². The fraction of sp³-hybridized carbons (Fsp3) is 0.571. The van der Waals surface area contributed by atoms with E-state index in [-0.39, 0.29) is 10.8 Å². The van der Waals surface area contributed by atoms with Gasteiger partial charge in [-0.15, -0.1) is 4.72 Å². The van der Waals surface area contributed by atoms with Gasteiger partial charge in [0.1, 0.15) is 10.5 Å². The number of nitrogens with one attached hydrogen (secondary N) is 1. The molecule has 0 aromatic heterocycles. The van der Waals surface area contributed by atoms with Crippen LogP contribution in [-0.4, -0.2) is 22.5 Å². The van der Waals surface area contributed by atoms with Crippen LogP contribution in [0.25, 0.3) is 0 Å². The maximum Gasteiger partial charge on any atom is 0.136 e. The topological polar surface area (TPSA) is 44.3 Å². The highest BCUT2D eigenvalue weighted by Gasteiger charge is 2.28. The molecule has 108 valence electrons. The van der Waals surface area contributed by atoms with Gasteiger partial charge in [0, 0.05) is 16.4 Å². The Morgan fingerprint density at radius 2 is 2.05 bits per heavy atom. The third-order valence-electron chi connectivity index (χ3n) is 2.64. The lowest BCUT2D eigenvalue weighted by atomic mass is 10.1. The summed E-state index contributed by atoms with van der Waals surface area (Å²) >= 11 is 4.86. The number of halogens is 1. The van der Waals surface area contributed by atoms with E-state index in [9.17, 15) is 4.55 Å². The molecular weight excluding hydrogens is 282 g/mol. The molecule has 5 heteroatoms. The quantitative estimate of drug-likeness (QED) is 0.849. The van der Waals surface area contributed by atoms with Gasteiger partial charge in [0.2, 0.25) is 0 Å². The van der Waals surface area contributed by atoms with Crippen LogP contribution in [0.15, 0.2) is 18.2 Å². The maximum absolute atomic E-state index is 12.0. The van der Waals surface area contributed by atoms with E-state index in [1.807, 2.05) is 39.8 Å². The second kappa shape index (κ2) is 6.84. The molecule has 0 spiro atoms. The molecule has 0 aliphatic heterocycles. The first kappa shape index (κ1) is 16.6. The first-order chi connectivity index (χ1) is 8.74. The molecule has 0 amide bonds. The Balaban J connectivity index is 2.69. The molecule has 0 fully saturated rings. The number of hydrogen-bond acceptors (Lipinski definition) is 3. The lowest BCUT2D eigenvalue weighted by Gasteiger charge is -2.26. The van der Waals surface area contributed by atoms with E-state index in [0.717, 1.165) is 17.7 Å². The molecule has 0 bridgehead atoms. The van der Waals surface area contributed by atoms with Gasteiger partial charge in [0.05, 0.1) is 13.2 Å². The molecule has 0 radical (unpaired) electrons. The van der Waals surface area contributed by atoms with E-state index in [0.29, 0.717) is 5.02 Å². The highest BCUT2D eigenvalue weighted by Crippen LogP contribution is 2.24. The van der Waals surface area contributed by atoms with Crippen molar-refractivity contribution < 1.29 is 9.29 Å². The summed E-state index contributed by atoms with van der Waals surface area (Å²) < 4.78 is 20.2. The third-order valence-corrected chi connectivity index (χ3v) is 4.60. The summed E-state index contributed by atoms with van der Waals surface area (Å²) in [5, 5.41) is 0.652. The van der Waals surface area contributed by atoms with Crippen LogP contribution >= 0.6 is 11.6 Å². The predicted molar refractivity (Wildman–Crippen MR) is 82.2 cm³/mol. The number of ether oxygens (including phenoxy) is 1. The van der Waals surface area contributed by atoms with E-state index < -0.39 is 11.4 Å². The molecule has 0 saturated heterocycles. The molecule has 1 N–H and O–H groups in total. The SMILES string of the molecule is COc1cc(Cl)ccc1CC(C)N[S@@+]([O-])C(C)(C)C. The zero-order valence-electron chi connectivity index (χ0n) is 12.1. The summed E-state index contributed by atoms with van der Waals surface area (Å²) in [6, 6.07) is 5.67. The summed E-state index contributed by atoms with van der Waals surface area (Å²) in [4.78, 5) is 0. The van der Waals surface area contributed by atoms with E-state index in [4.69, 9.17) is 16.3 Å². The number of rotatable bonds is 5. The Hall–Kier alpha value is -0.420. The maximum atomic E-state index is 12.0. The summed E-state index contributed by atoms with van der Waals surface area (Å²) in [6.45, 7) is 7.86. The van der Waals surface area contributed by atoms with Gasteiger partial charge in [0.15, 0.2) is 0 Å². The lowest BCUT2D eigenvalue weighted by Crippen LogP contribution is -2.44. The van der Waals surface area contributed by atoms with Gasteiger partial charge in [-0.2, -0.15) is 0 Å². The highest BCUT2D eigenvalue weighted by molar-refractivity contribution is 7.90. The smallest absolute Gasteiger partial charge is 0.136 e. The van der Waals surface area contributed by atoms with Crippen LogP contribution in [-0.2, 0) is 17.8 Å². The van der Waals surface area contributed by atoms with Crippen LogP contribution in [0.3, 0.4) is 0 Å². The van der Waals surface area contributed by atoms with Crippen molar-refractivity contribution in [1.82, 2.24) is 4.72 Å². The Kier molecular flexibility index (Phi) is 5.99. The second-order valence-electron chi connectivity index (χ2n) is 5.56. The third kappa shape index (κ3) is 5.22. The van der Waals surface area contributed by atoms with Crippen LogP contribution in [0.2, 0.25) is 5.02 Å². The molecule has 1 aromatic carbocycles. The van der Waals surface area contributed by atoms with Gasteiger partial charge in [0.25, 0.3) is 0 Å². The first-order valence-electron chi connectivity index (χ1n) is 6.24. The molecule has 1 aromatic rings. The fourth-order valence-corrected chi connectivity index (χ4v) is 2.58. The molecule has 19 heavy (non-hydrogen) atoms. The molecule has 0 saturated carbocycles. The van der Waals surface area contributed by atoms with E-state index >= 15 is 0 Å². The Bertz CT molecular complexity index is 420. The monoisotopic (exact) mass is 303 g/mol. The largest absolute Gasteiger partial charge is 0.598 e. The minimum absolute atomic E-state index is 0.0927. The van der Waals surface area contributed by atoms with Gasteiger partial charge in [-0.25, -0.2) is 0 Å². The summed E-state index contributed by atoms with van der Waals surface area (Å²) in [7, 11) is 1.63. The molecule has 3 nitrogen and oxygen atoms in total. The zero-order valence-corrected chi connectivity index (χ0v) is 13.7. The lowest BCUT2D eigenvalue weighted by molar-refractivity contribution is 0.407. The second-order valence-corrected chi connectivity index (χ2v) is 7.99. The van der Waals surface area contributed by atoms with Crippen LogP contribution < -0.4 is 9.46 Å². The molecule has 0 heterocycles. The van der Waals surface area contributed by atoms with Crippen LogP contribution in [0.1, 0.15) is 33.3 Å². The molecule has 0 aliphatic rings. The molecular formula is C14H22ClNO2S. The fourth-order valence-electron chi connectivity index (χ4n) is 1.62. The summed E-state index contributed by atoms with van der Waals surface area (Å²) in [5.74, 6) is 0.766. The number of benzene rings is 1. The average Bonchev–Trinajstić information content (AvgIpc) is 2.30. The minimum atomic E-state index is -1.07. The Labute approximate surface area is 124 Å². The van der Waals surface area contributed by atoms with Gasteiger partial charge >= 0.3 is 0 Å². The first-order valence-corrected chi connectivity index (χ1v) is 7.77. The standard InChI is InChI=1S/C14H22ClNO2S/c1-10(16-19(17)14(2,3)4)8-11-6-7-12(15)9-13(11)18-5/h6-7,9-10,16H,8H2,1-5H3/t10?,19-/m0/s1. The van der Waals surface area contributed by atoms with Crippen molar-refractivity contribution in [1.29, 1.82) is 0 Å². The number of methoxy groups -OCH3 is 1. The van der Waals surface area contributed by atoms with Crippen molar-refractivity contribution in [3.05, 3.63) is 28.8 Å². The normalized spacial score (nSPS) is 15.1. The van der Waals surface area contributed by atoms with Crippen LogP contribution in [0.5, 0.6) is 5.75 Å². The van der Waals surface area contributed by atoms with Crippen molar-refractivity contribution in [2.75, 3.05) is 7.11 Å².